The molecular formula is C8H8F2N2. The van der Waals surface area contributed by atoms with Gasteiger partial charge in [0.2, 0.25) is 0 Å². The lowest BCUT2D eigenvalue weighted by Gasteiger charge is -2.02. The van der Waals surface area contributed by atoms with Gasteiger partial charge in [-0.1, -0.05) is 6.07 Å². The molecule has 0 bridgehead atoms. The van der Waals surface area contributed by atoms with Crippen LogP contribution in [0.4, 0.5) is 8.78 Å². The number of hydrazone groups is 1. The van der Waals surface area contributed by atoms with Crippen molar-refractivity contribution in [1.29, 1.82) is 0 Å². The molecule has 0 heterocycles. The van der Waals surface area contributed by atoms with Crippen molar-refractivity contribution in [3.8, 4) is 0 Å². The first-order valence-electron chi connectivity index (χ1n) is 3.37. The third kappa shape index (κ3) is 1.78. The Kier molecular flexibility index (Phi) is 2.74. The van der Waals surface area contributed by atoms with Crippen molar-refractivity contribution in [3.05, 3.63) is 35.4 Å². The first-order chi connectivity index (χ1) is 5.75. The Morgan fingerprint density at radius 3 is 2.42 bits per heavy atom. The molecule has 0 radical (unpaired) electrons. The number of nitrogens with one attached hydrogen (secondary N) is 1. The molecule has 0 saturated heterocycles. The number of rotatable bonds is 3. The van der Waals surface area contributed by atoms with Gasteiger partial charge in [-0.2, -0.15) is 5.10 Å². The summed E-state index contributed by atoms with van der Waals surface area (Å²) < 4.78 is 25.7. The third-order valence-corrected chi connectivity index (χ3v) is 1.43. The van der Waals surface area contributed by atoms with Gasteiger partial charge in [-0.15, -0.1) is 0 Å². The van der Waals surface area contributed by atoms with E-state index in [0.717, 1.165) is 0 Å². The summed E-state index contributed by atoms with van der Waals surface area (Å²) in [7, 11) is 0. The second-order valence-electron chi connectivity index (χ2n) is 2.19. The highest BCUT2D eigenvalue weighted by Gasteiger charge is 2.06. The summed E-state index contributed by atoms with van der Waals surface area (Å²) in [5.41, 5.74) is 2.36. The Bertz CT molecular complexity index is 266. The van der Waals surface area contributed by atoms with Crippen LogP contribution in [0.15, 0.2) is 23.3 Å². The lowest BCUT2D eigenvalue weighted by atomic mass is 10.2. The molecule has 2 nitrogen and oxygen atoms in total. The molecule has 0 aliphatic carbocycles. The third-order valence-electron chi connectivity index (χ3n) is 1.43. The predicted molar refractivity (Wildman–Crippen MR) is 42.7 cm³/mol. The molecule has 4 heteroatoms. The average Bonchev–Trinajstić information content (AvgIpc) is 2.04. The second kappa shape index (κ2) is 3.80. The quantitative estimate of drug-likeness (QED) is 0.541. The van der Waals surface area contributed by atoms with E-state index >= 15 is 0 Å². The van der Waals surface area contributed by atoms with Gasteiger partial charge < -0.3 is 5.43 Å². The van der Waals surface area contributed by atoms with Crippen molar-refractivity contribution < 1.29 is 8.78 Å². The first kappa shape index (κ1) is 8.64. The molecule has 1 aromatic rings. The Hall–Kier alpha value is -1.45. The van der Waals surface area contributed by atoms with Crippen LogP contribution in [0.2, 0.25) is 0 Å². The smallest absolute Gasteiger partial charge is 0.131 e. The maximum absolute atomic E-state index is 12.8. The largest absolute Gasteiger partial charge is 0.306 e. The van der Waals surface area contributed by atoms with Crippen LogP contribution < -0.4 is 5.43 Å². The van der Waals surface area contributed by atoms with Crippen LogP contribution in [0.5, 0.6) is 0 Å². The van der Waals surface area contributed by atoms with Gasteiger partial charge >= 0.3 is 0 Å². The van der Waals surface area contributed by atoms with Crippen molar-refractivity contribution in [1.82, 2.24) is 5.43 Å². The lowest BCUT2D eigenvalue weighted by Crippen LogP contribution is -2.07. The van der Waals surface area contributed by atoms with Gasteiger partial charge in [0.15, 0.2) is 0 Å². The zero-order valence-electron chi connectivity index (χ0n) is 6.35. The standard InChI is InChI=1S/C8H8F2N2/c1-11-12-5-6-7(9)3-2-4-8(6)10/h2-4,12H,1,5H2. The molecule has 0 fully saturated rings. The summed E-state index contributed by atoms with van der Waals surface area (Å²) >= 11 is 0. The minimum atomic E-state index is -0.578. The zero-order valence-corrected chi connectivity index (χ0v) is 6.35. The van der Waals surface area contributed by atoms with Crippen molar-refractivity contribution in [2.75, 3.05) is 0 Å². The van der Waals surface area contributed by atoms with Crippen molar-refractivity contribution in [2.24, 2.45) is 5.10 Å². The zero-order chi connectivity index (χ0) is 8.97. The van der Waals surface area contributed by atoms with E-state index in [1.807, 2.05) is 0 Å². The Morgan fingerprint density at radius 1 is 1.33 bits per heavy atom. The summed E-state index contributed by atoms with van der Waals surface area (Å²) in [6.07, 6.45) is 0. The van der Waals surface area contributed by atoms with Crippen molar-refractivity contribution in [2.45, 2.75) is 6.54 Å². The maximum atomic E-state index is 12.8. The molecule has 0 aliphatic heterocycles. The molecule has 1 N–H and O–H groups in total. The van der Waals surface area contributed by atoms with Gasteiger partial charge in [0, 0.05) is 12.3 Å². The van der Waals surface area contributed by atoms with Gasteiger partial charge in [0.05, 0.1) is 6.54 Å². The van der Waals surface area contributed by atoms with E-state index in [0.29, 0.717) is 0 Å². The summed E-state index contributed by atoms with van der Waals surface area (Å²) in [6.45, 7) is 3.14. The minimum Gasteiger partial charge on any atom is -0.306 e. The van der Waals surface area contributed by atoms with Crippen LogP contribution >= 0.6 is 0 Å². The molecule has 0 saturated carbocycles. The van der Waals surface area contributed by atoms with E-state index in [1.54, 1.807) is 0 Å². The monoisotopic (exact) mass is 170 g/mol. The normalized spacial score (nSPS) is 9.50. The van der Waals surface area contributed by atoms with Gasteiger partial charge in [0.1, 0.15) is 11.6 Å². The fourth-order valence-corrected chi connectivity index (χ4v) is 0.836. The molecular weight excluding hydrogens is 162 g/mol. The Labute approximate surface area is 68.9 Å². The van der Waals surface area contributed by atoms with Crippen LogP contribution in [-0.2, 0) is 6.54 Å². The van der Waals surface area contributed by atoms with E-state index in [-0.39, 0.29) is 12.1 Å². The molecule has 0 aromatic heterocycles. The van der Waals surface area contributed by atoms with Gasteiger partial charge in [-0.05, 0) is 12.1 Å². The molecule has 12 heavy (non-hydrogen) atoms. The van der Waals surface area contributed by atoms with Crippen molar-refractivity contribution >= 4 is 6.72 Å². The van der Waals surface area contributed by atoms with Crippen LogP contribution in [-0.4, -0.2) is 6.72 Å². The Morgan fingerprint density at radius 2 is 1.92 bits per heavy atom. The average molecular weight is 170 g/mol. The molecule has 0 aliphatic rings. The molecule has 1 rings (SSSR count). The predicted octanol–water partition coefficient (Wildman–Crippen LogP) is 1.67. The fraction of sp³-hybridized carbons (Fsp3) is 0.125. The van der Waals surface area contributed by atoms with Crippen LogP contribution in [0.25, 0.3) is 0 Å². The van der Waals surface area contributed by atoms with Gasteiger partial charge in [0.25, 0.3) is 0 Å². The van der Waals surface area contributed by atoms with E-state index in [2.05, 4.69) is 17.2 Å². The molecule has 0 amide bonds. The molecule has 0 unspecified atom stereocenters. The molecule has 64 valence electrons. The highest BCUT2D eigenvalue weighted by molar-refractivity contribution is 5.23. The fourth-order valence-electron chi connectivity index (χ4n) is 0.836. The van der Waals surface area contributed by atoms with E-state index in [4.69, 9.17) is 0 Å². The molecule has 0 spiro atoms. The summed E-state index contributed by atoms with van der Waals surface area (Å²) in [5.74, 6) is -1.16. The maximum Gasteiger partial charge on any atom is 0.131 e. The van der Waals surface area contributed by atoms with E-state index in [1.165, 1.54) is 18.2 Å². The number of nitrogens with zero attached hydrogens (tertiary/aromatic N) is 1. The first-order valence-corrected chi connectivity index (χ1v) is 3.37. The highest BCUT2D eigenvalue weighted by Crippen LogP contribution is 2.10. The second-order valence-corrected chi connectivity index (χ2v) is 2.19. The molecule has 1 aromatic carbocycles. The van der Waals surface area contributed by atoms with Crippen LogP contribution in [0.3, 0.4) is 0 Å². The lowest BCUT2D eigenvalue weighted by molar-refractivity contribution is 0.541. The van der Waals surface area contributed by atoms with E-state index < -0.39 is 11.6 Å². The summed E-state index contributed by atoms with van der Waals surface area (Å²) in [6, 6.07) is 3.71. The number of hydrogen-bond acceptors (Lipinski definition) is 2. The number of halogens is 2. The van der Waals surface area contributed by atoms with Crippen LogP contribution in [0, 0.1) is 11.6 Å². The van der Waals surface area contributed by atoms with Crippen LogP contribution in [0.1, 0.15) is 5.56 Å². The topological polar surface area (TPSA) is 24.4 Å². The molecule has 0 atom stereocenters. The van der Waals surface area contributed by atoms with E-state index in [9.17, 15) is 8.78 Å². The van der Waals surface area contributed by atoms with Gasteiger partial charge in [-0.25, -0.2) is 8.78 Å². The summed E-state index contributed by atoms with van der Waals surface area (Å²) in [5, 5.41) is 3.28. The highest BCUT2D eigenvalue weighted by atomic mass is 19.1. The minimum absolute atomic E-state index is 0.0159. The Balaban J connectivity index is 2.88. The number of hydrogen-bond donors (Lipinski definition) is 1. The van der Waals surface area contributed by atoms with Gasteiger partial charge in [-0.3, -0.25) is 0 Å². The number of benzene rings is 1. The van der Waals surface area contributed by atoms with Crippen molar-refractivity contribution in [3.63, 3.8) is 0 Å². The SMILES string of the molecule is C=NNCc1c(F)cccc1F. The summed E-state index contributed by atoms with van der Waals surface area (Å²) in [4.78, 5) is 0.